The maximum atomic E-state index is 6.42. The predicted molar refractivity (Wildman–Crippen MR) is 214 cm³/mol. The van der Waals surface area contributed by atoms with E-state index in [0.717, 1.165) is 66.9 Å². The average molecular weight is 653 g/mol. The van der Waals surface area contributed by atoms with Gasteiger partial charge >= 0.3 is 0 Å². The molecule has 0 bridgehead atoms. The van der Waals surface area contributed by atoms with Crippen LogP contribution < -0.4 is 4.90 Å². The molecule has 8 aromatic carbocycles. The zero-order chi connectivity index (χ0) is 33.7. The SMILES string of the molecule is c1ccc(N(c2cccc(-c3cccc(-c4cccc5c4oc4ccccc45)c3)c2)c2cccc3c4ccccc4n(-c4ccccc4)c23)cc1. The van der Waals surface area contributed by atoms with Gasteiger partial charge in [-0.05, 0) is 77.4 Å². The molecule has 0 unspecified atom stereocenters. The van der Waals surface area contributed by atoms with Gasteiger partial charge in [0.1, 0.15) is 11.2 Å². The topological polar surface area (TPSA) is 21.3 Å². The molecule has 0 atom stereocenters. The summed E-state index contributed by atoms with van der Waals surface area (Å²) in [6.07, 6.45) is 0. The lowest BCUT2D eigenvalue weighted by atomic mass is 9.97. The number of benzene rings is 8. The fourth-order valence-electron chi connectivity index (χ4n) is 7.70. The third kappa shape index (κ3) is 4.82. The van der Waals surface area contributed by atoms with E-state index in [0.29, 0.717) is 0 Å². The number of furan rings is 1. The van der Waals surface area contributed by atoms with Gasteiger partial charge in [0.2, 0.25) is 0 Å². The first-order valence-electron chi connectivity index (χ1n) is 17.4. The summed E-state index contributed by atoms with van der Waals surface area (Å²) in [5, 5.41) is 4.73. The molecule has 0 aliphatic carbocycles. The summed E-state index contributed by atoms with van der Waals surface area (Å²) in [5.41, 5.74) is 13.1. The van der Waals surface area contributed by atoms with Gasteiger partial charge in [0, 0.05) is 44.2 Å². The van der Waals surface area contributed by atoms with Crippen molar-refractivity contribution in [2.75, 3.05) is 4.90 Å². The Bertz CT molecular complexity index is 2860. The van der Waals surface area contributed by atoms with Crippen molar-refractivity contribution in [2.24, 2.45) is 0 Å². The lowest BCUT2D eigenvalue weighted by Gasteiger charge is -2.27. The van der Waals surface area contributed by atoms with Crippen LogP contribution in [0.2, 0.25) is 0 Å². The van der Waals surface area contributed by atoms with Gasteiger partial charge in [0.15, 0.2) is 0 Å². The molecule has 0 N–H and O–H groups in total. The second-order valence-corrected chi connectivity index (χ2v) is 12.9. The molecule has 0 saturated carbocycles. The number of fused-ring (bicyclic) bond motifs is 6. The number of rotatable bonds is 6. The average Bonchev–Trinajstić information content (AvgIpc) is 3.76. The Labute approximate surface area is 295 Å². The zero-order valence-electron chi connectivity index (χ0n) is 27.8. The van der Waals surface area contributed by atoms with Crippen molar-refractivity contribution in [1.82, 2.24) is 4.57 Å². The zero-order valence-corrected chi connectivity index (χ0v) is 27.8. The van der Waals surface area contributed by atoms with Crippen molar-refractivity contribution in [1.29, 1.82) is 0 Å². The second kappa shape index (κ2) is 11.9. The van der Waals surface area contributed by atoms with Gasteiger partial charge in [0.25, 0.3) is 0 Å². The van der Waals surface area contributed by atoms with Crippen LogP contribution in [0.1, 0.15) is 0 Å². The Hall–Kier alpha value is -6.84. The molecule has 0 aliphatic rings. The molecule has 2 heterocycles. The van der Waals surface area contributed by atoms with Crippen molar-refractivity contribution < 1.29 is 4.42 Å². The van der Waals surface area contributed by atoms with E-state index in [4.69, 9.17) is 4.42 Å². The van der Waals surface area contributed by atoms with Crippen LogP contribution in [-0.2, 0) is 0 Å². The van der Waals surface area contributed by atoms with E-state index in [1.165, 1.54) is 21.8 Å². The number of nitrogens with zero attached hydrogens (tertiary/aromatic N) is 2. The van der Waals surface area contributed by atoms with Crippen molar-refractivity contribution in [3.8, 4) is 27.9 Å². The normalized spacial score (nSPS) is 11.5. The van der Waals surface area contributed by atoms with E-state index < -0.39 is 0 Å². The van der Waals surface area contributed by atoms with E-state index >= 15 is 0 Å². The van der Waals surface area contributed by atoms with E-state index in [1.807, 2.05) is 12.1 Å². The molecule has 10 rings (SSSR count). The summed E-state index contributed by atoms with van der Waals surface area (Å²) in [6.45, 7) is 0. The first-order valence-corrected chi connectivity index (χ1v) is 17.4. The summed E-state index contributed by atoms with van der Waals surface area (Å²) in [5.74, 6) is 0. The van der Waals surface area contributed by atoms with Crippen molar-refractivity contribution in [3.05, 3.63) is 194 Å². The Morgan fingerprint density at radius 3 is 1.88 bits per heavy atom. The highest BCUT2D eigenvalue weighted by atomic mass is 16.3. The number of aromatic nitrogens is 1. The Kier molecular flexibility index (Phi) is 6.81. The molecule has 3 heteroatoms. The lowest BCUT2D eigenvalue weighted by Crippen LogP contribution is -2.11. The third-order valence-electron chi connectivity index (χ3n) is 9.96. The minimum absolute atomic E-state index is 0.908. The van der Waals surface area contributed by atoms with Gasteiger partial charge in [0.05, 0.1) is 16.7 Å². The quantitative estimate of drug-likeness (QED) is 0.178. The van der Waals surface area contributed by atoms with Crippen LogP contribution in [0.4, 0.5) is 17.1 Å². The molecule has 0 saturated heterocycles. The minimum Gasteiger partial charge on any atom is -0.455 e. The van der Waals surface area contributed by atoms with Gasteiger partial charge in [-0.2, -0.15) is 0 Å². The fourth-order valence-corrected chi connectivity index (χ4v) is 7.70. The number of para-hydroxylation sites is 6. The molecule has 3 nitrogen and oxygen atoms in total. The van der Waals surface area contributed by atoms with Gasteiger partial charge in [-0.15, -0.1) is 0 Å². The summed E-state index contributed by atoms with van der Waals surface area (Å²) >= 11 is 0. The number of hydrogen-bond acceptors (Lipinski definition) is 2. The van der Waals surface area contributed by atoms with Crippen LogP contribution in [0.3, 0.4) is 0 Å². The van der Waals surface area contributed by atoms with Crippen molar-refractivity contribution in [2.45, 2.75) is 0 Å². The molecule has 2 aromatic heterocycles. The fraction of sp³-hybridized carbons (Fsp3) is 0. The van der Waals surface area contributed by atoms with Gasteiger partial charge in [-0.1, -0.05) is 133 Å². The summed E-state index contributed by atoms with van der Waals surface area (Å²) in [7, 11) is 0. The highest BCUT2D eigenvalue weighted by Gasteiger charge is 2.21. The maximum absolute atomic E-state index is 6.42. The van der Waals surface area contributed by atoms with Crippen molar-refractivity contribution >= 4 is 60.8 Å². The molecule has 0 amide bonds. The molecule has 0 radical (unpaired) electrons. The Balaban J connectivity index is 1.15. The Morgan fingerprint density at radius 2 is 1.02 bits per heavy atom. The van der Waals surface area contributed by atoms with Crippen LogP contribution in [0.25, 0.3) is 71.7 Å². The number of hydrogen-bond donors (Lipinski definition) is 0. The number of anilines is 3. The lowest BCUT2D eigenvalue weighted by molar-refractivity contribution is 0.670. The maximum Gasteiger partial charge on any atom is 0.143 e. The minimum atomic E-state index is 0.908. The summed E-state index contributed by atoms with van der Waals surface area (Å²) < 4.78 is 8.83. The summed E-state index contributed by atoms with van der Waals surface area (Å²) in [6, 6.07) is 69.1. The molecule has 240 valence electrons. The van der Waals surface area contributed by atoms with Crippen LogP contribution >= 0.6 is 0 Å². The third-order valence-corrected chi connectivity index (χ3v) is 9.96. The van der Waals surface area contributed by atoms with Gasteiger partial charge in [-0.3, -0.25) is 0 Å². The first kappa shape index (κ1) is 29.1. The van der Waals surface area contributed by atoms with E-state index in [-0.39, 0.29) is 0 Å². The first-order chi connectivity index (χ1) is 25.3. The highest BCUT2D eigenvalue weighted by Crippen LogP contribution is 2.44. The monoisotopic (exact) mass is 652 g/mol. The molecule has 10 aromatic rings. The Morgan fingerprint density at radius 1 is 0.412 bits per heavy atom. The van der Waals surface area contributed by atoms with Crippen LogP contribution in [0, 0.1) is 0 Å². The molecule has 0 spiro atoms. The second-order valence-electron chi connectivity index (χ2n) is 12.9. The molecular formula is C48H32N2O. The van der Waals surface area contributed by atoms with Crippen molar-refractivity contribution in [3.63, 3.8) is 0 Å². The predicted octanol–water partition coefficient (Wildman–Crippen LogP) is 13.5. The standard InChI is InChI=1S/C48H32N2O/c1-3-18-36(19-4-1)49(45-29-14-26-42-40-23-7-9-28-44(40)50(47(42)45)37-20-5-2-6-21-37)38-22-12-16-34(32-38)33-15-11-17-35(31-33)39-25-13-27-43-41-24-8-10-30-46(41)51-48(39)43/h1-32H. The smallest absolute Gasteiger partial charge is 0.143 e. The van der Waals surface area contributed by atoms with Gasteiger partial charge in [-0.25, -0.2) is 0 Å². The van der Waals surface area contributed by atoms with Gasteiger partial charge < -0.3 is 13.9 Å². The summed E-state index contributed by atoms with van der Waals surface area (Å²) in [4.78, 5) is 2.39. The van der Waals surface area contributed by atoms with Crippen LogP contribution in [0.15, 0.2) is 199 Å². The van der Waals surface area contributed by atoms with Crippen LogP contribution in [0.5, 0.6) is 0 Å². The van der Waals surface area contributed by atoms with Crippen LogP contribution in [-0.4, -0.2) is 4.57 Å². The van der Waals surface area contributed by atoms with E-state index in [9.17, 15) is 0 Å². The molecular weight excluding hydrogens is 621 g/mol. The highest BCUT2D eigenvalue weighted by molar-refractivity contribution is 6.14. The molecule has 51 heavy (non-hydrogen) atoms. The van der Waals surface area contributed by atoms with E-state index in [2.05, 4.69) is 191 Å². The largest absolute Gasteiger partial charge is 0.455 e. The molecule has 0 aliphatic heterocycles. The van der Waals surface area contributed by atoms with E-state index in [1.54, 1.807) is 0 Å². The molecule has 0 fully saturated rings.